The molecule has 1 atom stereocenters. The third kappa shape index (κ3) is 2.21. The number of hydrogen-bond acceptors (Lipinski definition) is 5. The molecular formula is C9H10FN3O3S. The first kappa shape index (κ1) is 11.8. The van der Waals surface area contributed by atoms with Crippen molar-refractivity contribution in [1.82, 2.24) is 4.98 Å². The van der Waals surface area contributed by atoms with E-state index >= 15 is 0 Å². The minimum Gasteiger partial charge on any atom is -0.382 e. The van der Waals surface area contributed by atoms with E-state index in [4.69, 9.17) is 5.73 Å². The Bertz CT molecular complexity index is 560. The van der Waals surface area contributed by atoms with Crippen molar-refractivity contribution in [3.63, 3.8) is 0 Å². The molecule has 1 amide bonds. The maximum atomic E-state index is 12.8. The molecule has 2 heterocycles. The van der Waals surface area contributed by atoms with Gasteiger partial charge in [0.25, 0.3) is 0 Å². The number of aromatic nitrogens is 1. The molecule has 1 aromatic heterocycles. The van der Waals surface area contributed by atoms with Gasteiger partial charge >= 0.3 is 10.2 Å². The molecule has 1 saturated heterocycles. The Morgan fingerprint density at radius 1 is 1.53 bits per heavy atom. The molecule has 2 N–H and O–H groups in total. The number of nitrogen functional groups attached to an aromatic ring is 1. The lowest BCUT2D eigenvalue weighted by Crippen LogP contribution is -2.27. The molecule has 1 aliphatic rings. The highest BCUT2D eigenvalue weighted by atomic mass is 32.3. The Morgan fingerprint density at radius 3 is 2.76 bits per heavy atom. The van der Waals surface area contributed by atoms with E-state index < -0.39 is 21.4 Å². The lowest BCUT2D eigenvalue weighted by molar-refractivity contribution is -0.117. The highest BCUT2D eigenvalue weighted by Gasteiger charge is 2.39. The topological polar surface area (TPSA) is 93.4 Å². The monoisotopic (exact) mass is 259 g/mol. The van der Waals surface area contributed by atoms with Gasteiger partial charge in [0.2, 0.25) is 5.91 Å². The first-order chi connectivity index (χ1) is 7.89. The minimum atomic E-state index is -4.71. The van der Waals surface area contributed by atoms with Gasteiger partial charge in [0, 0.05) is 19.2 Å². The summed E-state index contributed by atoms with van der Waals surface area (Å²) < 4.78 is 34.3. The maximum absolute atomic E-state index is 12.8. The number of hydrogen-bond donors (Lipinski definition) is 1. The zero-order valence-electron chi connectivity index (χ0n) is 8.71. The standard InChI is InChI=1S/C9H10FN3O3S/c10-17(15,16)6-4-8(14)13(5-6)7-2-1-3-12-9(7)11/h1-3,6H,4-5H2,(H2,11,12). The van der Waals surface area contributed by atoms with Gasteiger partial charge in [-0.05, 0) is 12.1 Å². The summed E-state index contributed by atoms with van der Waals surface area (Å²) in [7, 11) is -4.71. The van der Waals surface area contributed by atoms with Crippen molar-refractivity contribution >= 4 is 27.6 Å². The number of nitrogens with zero attached hydrogens (tertiary/aromatic N) is 2. The second-order valence-electron chi connectivity index (χ2n) is 3.71. The molecule has 0 saturated carbocycles. The van der Waals surface area contributed by atoms with E-state index in [1.54, 1.807) is 6.07 Å². The van der Waals surface area contributed by atoms with Crippen LogP contribution >= 0.6 is 0 Å². The molecule has 0 aliphatic carbocycles. The number of pyridine rings is 1. The van der Waals surface area contributed by atoms with Crippen molar-refractivity contribution in [3.8, 4) is 0 Å². The lowest BCUT2D eigenvalue weighted by Gasteiger charge is -2.16. The van der Waals surface area contributed by atoms with E-state index in [0.717, 1.165) is 4.90 Å². The van der Waals surface area contributed by atoms with Gasteiger partial charge in [-0.25, -0.2) is 4.98 Å². The quantitative estimate of drug-likeness (QED) is 0.758. The number of carbonyl (C=O) groups excluding carboxylic acids is 1. The molecule has 2 rings (SSSR count). The van der Waals surface area contributed by atoms with E-state index in [1.807, 2.05) is 0 Å². The van der Waals surface area contributed by atoms with Gasteiger partial charge in [0.05, 0.1) is 5.69 Å². The Hall–Kier alpha value is -1.70. The van der Waals surface area contributed by atoms with Crippen molar-refractivity contribution in [2.45, 2.75) is 11.7 Å². The fraction of sp³-hybridized carbons (Fsp3) is 0.333. The number of halogens is 1. The summed E-state index contributed by atoms with van der Waals surface area (Å²) in [6, 6.07) is 3.10. The van der Waals surface area contributed by atoms with E-state index in [1.165, 1.54) is 12.3 Å². The molecule has 0 aromatic carbocycles. The van der Waals surface area contributed by atoms with Crippen molar-refractivity contribution in [1.29, 1.82) is 0 Å². The van der Waals surface area contributed by atoms with Crippen molar-refractivity contribution in [2.75, 3.05) is 17.2 Å². The molecule has 0 radical (unpaired) electrons. The molecule has 1 aromatic rings. The Labute approximate surface area is 97.5 Å². The predicted octanol–water partition coefficient (Wildman–Crippen LogP) is 0.0684. The highest BCUT2D eigenvalue weighted by molar-refractivity contribution is 7.87. The second-order valence-corrected chi connectivity index (χ2v) is 5.33. The zero-order chi connectivity index (χ0) is 12.6. The number of rotatable bonds is 2. The van der Waals surface area contributed by atoms with Gasteiger partial charge in [0.1, 0.15) is 11.1 Å². The maximum Gasteiger partial charge on any atom is 0.307 e. The fourth-order valence-corrected chi connectivity index (χ4v) is 2.40. The van der Waals surface area contributed by atoms with Crippen LogP contribution in [0.25, 0.3) is 0 Å². The van der Waals surface area contributed by atoms with Crippen LogP contribution < -0.4 is 10.6 Å². The summed E-state index contributed by atoms with van der Waals surface area (Å²) >= 11 is 0. The van der Waals surface area contributed by atoms with Crippen molar-refractivity contribution < 1.29 is 17.1 Å². The van der Waals surface area contributed by atoms with Gasteiger partial charge < -0.3 is 10.6 Å². The van der Waals surface area contributed by atoms with Gasteiger partial charge in [-0.15, -0.1) is 3.89 Å². The average molecular weight is 259 g/mol. The SMILES string of the molecule is Nc1ncccc1N1CC(S(=O)(=O)F)CC1=O. The van der Waals surface area contributed by atoms with Crippen LogP contribution in [0.4, 0.5) is 15.4 Å². The first-order valence-electron chi connectivity index (χ1n) is 4.84. The normalized spacial score (nSPS) is 20.9. The largest absolute Gasteiger partial charge is 0.382 e. The van der Waals surface area contributed by atoms with Crippen molar-refractivity contribution in [3.05, 3.63) is 18.3 Å². The van der Waals surface area contributed by atoms with Crippen LogP contribution in [0.15, 0.2) is 18.3 Å². The molecule has 8 heteroatoms. The average Bonchev–Trinajstić information content (AvgIpc) is 2.61. The van der Waals surface area contributed by atoms with Crippen LogP contribution in [0.1, 0.15) is 6.42 Å². The van der Waals surface area contributed by atoms with Crippen LogP contribution in [0.2, 0.25) is 0 Å². The van der Waals surface area contributed by atoms with Crippen molar-refractivity contribution in [2.24, 2.45) is 0 Å². The summed E-state index contributed by atoms with van der Waals surface area (Å²) in [5, 5.41) is -1.32. The Morgan fingerprint density at radius 2 is 2.24 bits per heavy atom. The smallest absolute Gasteiger partial charge is 0.307 e. The van der Waals surface area contributed by atoms with E-state index in [2.05, 4.69) is 4.98 Å². The summed E-state index contributed by atoms with van der Waals surface area (Å²) in [4.78, 5) is 16.5. The zero-order valence-corrected chi connectivity index (χ0v) is 9.52. The summed E-state index contributed by atoms with van der Waals surface area (Å²) in [5.41, 5.74) is 5.88. The lowest BCUT2D eigenvalue weighted by atomic mass is 10.3. The molecule has 0 bridgehead atoms. The van der Waals surface area contributed by atoms with Crippen LogP contribution in [0, 0.1) is 0 Å². The fourth-order valence-electron chi connectivity index (χ4n) is 1.73. The van der Waals surface area contributed by atoms with Crippen LogP contribution in [-0.2, 0) is 15.0 Å². The Kier molecular flexibility index (Phi) is 2.74. The molecule has 1 fully saturated rings. The van der Waals surface area contributed by atoms with E-state index in [9.17, 15) is 17.1 Å². The third-order valence-corrected chi connectivity index (χ3v) is 3.71. The highest BCUT2D eigenvalue weighted by Crippen LogP contribution is 2.28. The molecular weight excluding hydrogens is 249 g/mol. The third-order valence-electron chi connectivity index (χ3n) is 2.59. The molecule has 0 spiro atoms. The van der Waals surface area contributed by atoms with E-state index in [0.29, 0.717) is 5.69 Å². The summed E-state index contributed by atoms with van der Waals surface area (Å²) in [6.07, 6.45) is 1.08. The minimum absolute atomic E-state index is 0.109. The van der Waals surface area contributed by atoms with Gasteiger partial charge in [-0.2, -0.15) is 8.42 Å². The molecule has 17 heavy (non-hydrogen) atoms. The van der Waals surface area contributed by atoms with Gasteiger partial charge in [0.15, 0.2) is 0 Å². The Balaban J connectivity index is 2.31. The molecule has 92 valence electrons. The molecule has 1 unspecified atom stereocenters. The number of amides is 1. The van der Waals surface area contributed by atoms with Gasteiger partial charge in [-0.3, -0.25) is 4.79 Å². The summed E-state index contributed by atoms with van der Waals surface area (Å²) in [5.74, 6) is -0.367. The predicted molar refractivity (Wildman–Crippen MR) is 59.4 cm³/mol. The van der Waals surface area contributed by atoms with Crippen LogP contribution in [-0.4, -0.2) is 31.1 Å². The van der Waals surface area contributed by atoms with E-state index in [-0.39, 0.29) is 18.8 Å². The molecule has 1 aliphatic heterocycles. The van der Waals surface area contributed by atoms with Crippen LogP contribution in [0.5, 0.6) is 0 Å². The number of anilines is 2. The number of carbonyl (C=O) groups is 1. The summed E-state index contributed by atoms with van der Waals surface area (Å²) in [6.45, 7) is -0.229. The van der Waals surface area contributed by atoms with Crippen LogP contribution in [0.3, 0.4) is 0 Å². The molecule has 6 nitrogen and oxygen atoms in total. The first-order valence-corrected chi connectivity index (χ1v) is 6.28. The van der Waals surface area contributed by atoms with Gasteiger partial charge in [-0.1, -0.05) is 0 Å². The second kappa shape index (κ2) is 3.95. The number of nitrogens with two attached hydrogens (primary N) is 1.